The van der Waals surface area contributed by atoms with Gasteiger partial charge in [-0.15, -0.1) is 0 Å². The number of methoxy groups -OCH3 is 2. The Balaban J connectivity index is 3.30. The van der Waals surface area contributed by atoms with Crippen LogP contribution in [0.4, 0.5) is 11.5 Å². The zero-order valence-electron chi connectivity index (χ0n) is 12.4. The molecule has 0 fully saturated rings. The Labute approximate surface area is 117 Å². The van der Waals surface area contributed by atoms with Gasteiger partial charge in [0.1, 0.15) is 5.82 Å². The summed E-state index contributed by atoms with van der Waals surface area (Å²) in [6, 6.07) is 0. The second kappa shape index (κ2) is 6.47. The molecule has 1 N–H and O–H groups in total. The number of nitrogens with one attached hydrogen (secondary N) is 1. The van der Waals surface area contributed by atoms with Gasteiger partial charge in [0.2, 0.25) is 5.82 Å². The highest BCUT2D eigenvalue weighted by molar-refractivity contribution is 5.62. The maximum Gasteiger partial charge on any atom is 0.372 e. The molecule has 0 atom stereocenters. The normalized spacial score (nSPS) is 11.2. The Morgan fingerprint density at radius 1 is 1.30 bits per heavy atom. The van der Waals surface area contributed by atoms with Gasteiger partial charge in [0.25, 0.3) is 5.88 Å². The van der Waals surface area contributed by atoms with Crippen molar-refractivity contribution >= 4 is 11.5 Å². The number of nitrogens with zero attached hydrogens (tertiary/aromatic N) is 3. The van der Waals surface area contributed by atoms with Crippen LogP contribution in [0.5, 0.6) is 5.88 Å². The summed E-state index contributed by atoms with van der Waals surface area (Å²) >= 11 is 0. The van der Waals surface area contributed by atoms with Gasteiger partial charge in [0, 0.05) is 19.1 Å². The van der Waals surface area contributed by atoms with Crippen molar-refractivity contribution in [1.82, 2.24) is 9.97 Å². The first-order chi connectivity index (χ1) is 9.31. The van der Waals surface area contributed by atoms with Gasteiger partial charge >= 0.3 is 5.69 Å². The van der Waals surface area contributed by atoms with Crippen LogP contribution in [0, 0.1) is 10.1 Å². The summed E-state index contributed by atoms with van der Waals surface area (Å²) in [5.41, 5.74) is -0.614. The van der Waals surface area contributed by atoms with Crippen LogP contribution in [0.15, 0.2) is 0 Å². The predicted octanol–water partition coefficient (Wildman–Crippen LogP) is 1.75. The molecule has 20 heavy (non-hydrogen) atoms. The molecule has 1 aromatic rings. The molecule has 0 aromatic carbocycles. The van der Waals surface area contributed by atoms with Crippen LogP contribution in [-0.4, -0.2) is 42.3 Å². The lowest BCUT2D eigenvalue weighted by Crippen LogP contribution is -2.20. The maximum absolute atomic E-state index is 11.2. The van der Waals surface area contributed by atoms with Crippen LogP contribution in [-0.2, 0) is 10.2 Å². The third-order valence-corrected chi connectivity index (χ3v) is 2.50. The van der Waals surface area contributed by atoms with Crippen LogP contribution in [0.3, 0.4) is 0 Å². The Morgan fingerprint density at radius 3 is 2.40 bits per heavy atom. The van der Waals surface area contributed by atoms with E-state index < -0.39 is 4.92 Å². The molecule has 0 spiro atoms. The second-order valence-electron chi connectivity index (χ2n) is 5.18. The summed E-state index contributed by atoms with van der Waals surface area (Å²) in [7, 11) is 2.90. The minimum absolute atomic E-state index is 0.0464. The average molecular weight is 284 g/mol. The van der Waals surface area contributed by atoms with E-state index in [0.717, 1.165) is 0 Å². The van der Waals surface area contributed by atoms with Crippen molar-refractivity contribution in [2.24, 2.45) is 0 Å². The van der Waals surface area contributed by atoms with E-state index in [9.17, 15) is 10.1 Å². The fraction of sp³-hybridized carbons (Fsp3) is 0.667. The molecule has 1 aromatic heterocycles. The van der Waals surface area contributed by atoms with E-state index in [-0.39, 0.29) is 22.8 Å². The SMILES string of the molecule is COCCNc1nc(C(C)(C)C)nc(OC)c1[N+](=O)[O-]. The Bertz CT molecular complexity index is 485. The highest BCUT2D eigenvalue weighted by Gasteiger charge is 2.29. The lowest BCUT2D eigenvalue weighted by molar-refractivity contribution is -0.385. The molecule has 0 unspecified atom stereocenters. The number of aromatic nitrogens is 2. The molecule has 0 aliphatic rings. The first kappa shape index (κ1) is 16.1. The van der Waals surface area contributed by atoms with Crippen LogP contribution in [0.2, 0.25) is 0 Å². The number of anilines is 1. The second-order valence-corrected chi connectivity index (χ2v) is 5.18. The molecule has 0 saturated carbocycles. The maximum atomic E-state index is 11.2. The van der Waals surface area contributed by atoms with Crippen molar-refractivity contribution in [3.8, 4) is 5.88 Å². The third-order valence-electron chi connectivity index (χ3n) is 2.50. The largest absolute Gasteiger partial charge is 0.476 e. The van der Waals surface area contributed by atoms with Crippen LogP contribution in [0.1, 0.15) is 26.6 Å². The molecular formula is C12H20N4O4. The van der Waals surface area contributed by atoms with Gasteiger partial charge in [-0.05, 0) is 0 Å². The van der Waals surface area contributed by atoms with E-state index in [0.29, 0.717) is 19.0 Å². The fourth-order valence-electron chi connectivity index (χ4n) is 1.47. The minimum Gasteiger partial charge on any atom is -0.476 e. The molecule has 0 aliphatic heterocycles. The summed E-state index contributed by atoms with van der Waals surface area (Å²) in [6.07, 6.45) is 0. The lowest BCUT2D eigenvalue weighted by Gasteiger charge is -2.18. The van der Waals surface area contributed by atoms with Crippen LogP contribution in [0.25, 0.3) is 0 Å². The van der Waals surface area contributed by atoms with Crippen molar-refractivity contribution in [2.75, 3.05) is 32.7 Å². The summed E-state index contributed by atoms with van der Waals surface area (Å²) in [4.78, 5) is 19.0. The summed E-state index contributed by atoms with van der Waals surface area (Å²) in [5, 5.41) is 14.1. The molecule has 8 nitrogen and oxygen atoms in total. The molecule has 0 aliphatic carbocycles. The molecule has 0 saturated heterocycles. The minimum atomic E-state index is -0.555. The predicted molar refractivity (Wildman–Crippen MR) is 74.3 cm³/mol. The molecule has 112 valence electrons. The zero-order chi connectivity index (χ0) is 15.3. The number of nitro groups is 1. The van der Waals surface area contributed by atoms with E-state index in [1.165, 1.54) is 7.11 Å². The van der Waals surface area contributed by atoms with Gasteiger partial charge in [-0.25, -0.2) is 4.98 Å². The van der Waals surface area contributed by atoms with Crippen molar-refractivity contribution < 1.29 is 14.4 Å². The van der Waals surface area contributed by atoms with Gasteiger partial charge < -0.3 is 14.8 Å². The van der Waals surface area contributed by atoms with Gasteiger partial charge in [-0.2, -0.15) is 4.98 Å². The third kappa shape index (κ3) is 3.77. The van der Waals surface area contributed by atoms with Gasteiger partial charge in [-0.3, -0.25) is 10.1 Å². The Morgan fingerprint density at radius 2 is 1.95 bits per heavy atom. The molecule has 8 heteroatoms. The van der Waals surface area contributed by atoms with Crippen LogP contribution >= 0.6 is 0 Å². The zero-order valence-corrected chi connectivity index (χ0v) is 12.4. The van der Waals surface area contributed by atoms with E-state index in [2.05, 4.69) is 15.3 Å². The van der Waals surface area contributed by atoms with Crippen molar-refractivity contribution in [3.63, 3.8) is 0 Å². The van der Waals surface area contributed by atoms with E-state index in [4.69, 9.17) is 9.47 Å². The number of hydrogen-bond donors (Lipinski definition) is 1. The number of rotatable bonds is 6. The fourth-order valence-corrected chi connectivity index (χ4v) is 1.47. The van der Waals surface area contributed by atoms with Crippen molar-refractivity contribution in [2.45, 2.75) is 26.2 Å². The van der Waals surface area contributed by atoms with Gasteiger partial charge in [0.05, 0.1) is 18.6 Å². The average Bonchev–Trinajstić information content (AvgIpc) is 2.36. The van der Waals surface area contributed by atoms with Crippen molar-refractivity contribution in [1.29, 1.82) is 0 Å². The highest BCUT2D eigenvalue weighted by atomic mass is 16.6. The Hall–Kier alpha value is -1.96. The molecular weight excluding hydrogens is 264 g/mol. The lowest BCUT2D eigenvalue weighted by atomic mass is 9.96. The van der Waals surface area contributed by atoms with E-state index in [1.54, 1.807) is 7.11 Å². The molecule has 1 heterocycles. The topological polar surface area (TPSA) is 99.4 Å². The first-order valence-corrected chi connectivity index (χ1v) is 6.15. The number of hydrogen-bond acceptors (Lipinski definition) is 7. The standard InChI is InChI=1S/C12H20N4O4/c1-12(2,3)11-14-9(13-6-7-19-4)8(16(17)18)10(15-11)20-5/h6-7H2,1-5H3,(H,13,14,15). The molecule has 0 amide bonds. The summed E-state index contributed by atoms with van der Waals surface area (Å²) in [5.74, 6) is 0.568. The first-order valence-electron chi connectivity index (χ1n) is 6.15. The Kier molecular flexibility index (Phi) is 5.20. The molecule has 0 bridgehead atoms. The van der Waals surface area contributed by atoms with E-state index in [1.807, 2.05) is 20.8 Å². The number of ether oxygens (including phenoxy) is 2. The smallest absolute Gasteiger partial charge is 0.372 e. The molecule has 1 rings (SSSR count). The quantitative estimate of drug-likeness (QED) is 0.482. The van der Waals surface area contributed by atoms with E-state index >= 15 is 0 Å². The summed E-state index contributed by atoms with van der Waals surface area (Å²) < 4.78 is 9.94. The highest BCUT2D eigenvalue weighted by Crippen LogP contribution is 2.34. The van der Waals surface area contributed by atoms with Crippen molar-refractivity contribution in [3.05, 3.63) is 15.9 Å². The molecule has 0 radical (unpaired) electrons. The van der Waals surface area contributed by atoms with Crippen LogP contribution < -0.4 is 10.1 Å². The van der Waals surface area contributed by atoms with Gasteiger partial charge in [-0.1, -0.05) is 20.8 Å². The monoisotopic (exact) mass is 284 g/mol. The van der Waals surface area contributed by atoms with Gasteiger partial charge in [0.15, 0.2) is 0 Å². The summed E-state index contributed by atoms with van der Waals surface area (Å²) in [6.45, 7) is 6.58.